The van der Waals surface area contributed by atoms with E-state index in [0.29, 0.717) is 36.2 Å². The normalized spacial score (nSPS) is 11.0. The highest BCUT2D eigenvalue weighted by atomic mass is 32.2. The van der Waals surface area contributed by atoms with E-state index in [1.165, 1.54) is 23.1 Å². The Morgan fingerprint density at radius 1 is 1.26 bits per heavy atom. The average Bonchev–Trinajstić information content (AvgIpc) is 3.53. The summed E-state index contributed by atoms with van der Waals surface area (Å²) in [7, 11) is 1.59. The Morgan fingerprint density at radius 2 is 2.13 bits per heavy atom. The number of hydrogen-bond acceptors (Lipinski definition) is 8. The molecule has 160 valence electrons. The molecule has 0 bridgehead atoms. The molecule has 0 fully saturated rings. The minimum atomic E-state index is -0.201. The number of ether oxygens (including phenoxy) is 1. The number of rotatable bonds is 9. The lowest BCUT2D eigenvalue weighted by molar-refractivity contribution is 0.0932. The Labute approximate surface area is 187 Å². The van der Waals surface area contributed by atoms with Crippen LogP contribution in [0.4, 0.5) is 0 Å². The molecule has 0 aliphatic heterocycles. The number of carbonyl (C=O) groups is 1. The van der Waals surface area contributed by atoms with Crippen molar-refractivity contribution in [2.75, 3.05) is 20.3 Å². The summed E-state index contributed by atoms with van der Waals surface area (Å²) in [6.07, 6.45) is 1.62. The average molecular weight is 456 g/mol. The second-order valence-electron chi connectivity index (χ2n) is 6.57. The molecule has 31 heavy (non-hydrogen) atoms. The molecule has 10 heteroatoms. The Balaban J connectivity index is 1.55. The highest BCUT2D eigenvalue weighted by Gasteiger charge is 2.20. The van der Waals surface area contributed by atoms with Crippen LogP contribution in [0.15, 0.2) is 57.6 Å². The van der Waals surface area contributed by atoms with Crippen LogP contribution in [-0.4, -0.2) is 45.9 Å². The van der Waals surface area contributed by atoms with Crippen LogP contribution in [0.5, 0.6) is 0 Å². The van der Waals surface area contributed by atoms with Gasteiger partial charge >= 0.3 is 0 Å². The van der Waals surface area contributed by atoms with E-state index in [1.807, 2.05) is 47.9 Å². The first-order valence-electron chi connectivity index (χ1n) is 9.57. The topological polar surface area (TPSA) is 95.1 Å². The van der Waals surface area contributed by atoms with Crippen molar-refractivity contribution in [3.8, 4) is 17.3 Å². The van der Waals surface area contributed by atoms with Crippen LogP contribution in [0.25, 0.3) is 17.3 Å². The van der Waals surface area contributed by atoms with Crippen molar-refractivity contribution in [1.82, 2.24) is 25.1 Å². The zero-order valence-electron chi connectivity index (χ0n) is 17.1. The lowest BCUT2D eigenvalue weighted by Crippen LogP contribution is -2.27. The Bertz CT molecular complexity index is 1150. The van der Waals surface area contributed by atoms with E-state index < -0.39 is 0 Å². The highest BCUT2D eigenvalue weighted by molar-refractivity contribution is 7.98. The summed E-state index contributed by atoms with van der Waals surface area (Å²) in [6.45, 7) is 2.96. The van der Waals surface area contributed by atoms with E-state index in [9.17, 15) is 4.79 Å². The zero-order chi connectivity index (χ0) is 21.6. The van der Waals surface area contributed by atoms with Gasteiger partial charge in [0.25, 0.3) is 5.91 Å². The van der Waals surface area contributed by atoms with Gasteiger partial charge in [-0.2, -0.15) is 0 Å². The second-order valence-corrected chi connectivity index (χ2v) is 8.45. The standard InChI is InChI=1S/C21H21N5O3S2/c1-14-6-3-4-7-16(14)26-19(17-8-5-10-29-17)24-25-21(26)31-13-18-23-15(12-30-18)20(27)22-9-11-28-2/h3-8,10,12H,9,11,13H2,1-2H3,(H,22,27). The summed E-state index contributed by atoms with van der Waals surface area (Å²) < 4.78 is 12.5. The van der Waals surface area contributed by atoms with Crippen LogP contribution in [0.3, 0.4) is 0 Å². The molecule has 0 saturated heterocycles. The van der Waals surface area contributed by atoms with E-state index in [0.717, 1.165) is 21.4 Å². The summed E-state index contributed by atoms with van der Waals surface area (Å²) in [5.41, 5.74) is 2.49. The number of carbonyl (C=O) groups excluding carboxylic acids is 1. The fourth-order valence-corrected chi connectivity index (χ4v) is 4.66. The molecule has 0 unspecified atom stereocenters. The molecule has 3 aromatic heterocycles. The maximum absolute atomic E-state index is 12.2. The largest absolute Gasteiger partial charge is 0.461 e. The first kappa shape index (κ1) is 21.3. The number of benzene rings is 1. The second kappa shape index (κ2) is 9.90. The van der Waals surface area contributed by atoms with Crippen molar-refractivity contribution in [2.24, 2.45) is 0 Å². The number of aryl methyl sites for hydroxylation is 1. The number of thiazole rings is 1. The van der Waals surface area contributed by atoms with Crippen LogP contribution in [-0.2, 0) is 10.5 Å². The number of nitrogens with zero attached hydrogens (tertiary/aromatic N) is 4. The summed E-state index contributed by atoms with van der Waals surface area (Å²) in [6, 6.07) is 11.7. The molecule has 4 aromatic rings. The molecule has 0 saturated carbocycles. The van der Waals surface area contributed by atoms with Crippen molar-refractivity contribution in [3.63, 3.8) is 0 Å². The van der Waals surface area contributed by atoms with Gasteiger partial charge in [0.05, 0.1) is 24.3 Å². The molecule has 0 radical (unpaired) electrons. The van der Waals surface area contributed by atoms with Gasteiger partial charge in [0.2, 0.25) is 5.82 Å². The maximum Gasteiger partial charge on any atom is 0.270 e. The van der Waals surface area contributed by atoms with Crippen molar-refractivity contribution in [2.45, 2.75) is 17.8 Å². The van der Waals surface area contributed by atoms with Crippen molar-refractivity contribution < 1.29 is 13.9 Å². The summed E-state index contributed by atoms with van der Waals surface area (Å²) in [4.78, 5) is 16.6. The summed E-state index contributed by atoms with van der Waals surface area (Å²) in [5.74, 6) is 1.65. The van der Waals surface area contributed by atoms with Crippen LogP contribution >= 0.6 is 23.1 Å². The van der Waals surface area contributed by atoms with Crippen LogP contribution in [0, 0.1) is 6.92 Å². The third kappa shape index (κ3) is 4.87. The van der Waals surface area contributed by atoms with E-state index >= 15 is 0 Å². The smallest absolute Gasteiger partial charge is 0.270 e. The van der Waals surface area contributed by atoms with Gasteiger partial charge in [0, 0.05) is 19.0 Å². The van der Waals surface area contributed by atoms with Gasteiger partial charge in [-0.15, -0.1) is 21.5 Å². The first-order valence-corrected chi connectivity index (χ1v) is 11.4. The molecule has 0 atom stereocenters. The lowest BCUT2D eigenvalue weighted by Gasteiger charge is -2.11. The van der Waals surface area contributed by atoms with Gasteiger partial charge in [-0.1, -0.05) is 30.0 Å². The Morgan fingerprint density at radius 3 is 2.90 bits per heavy atom. The van der Waals surface area contributed by atoms with Gasteiger partial charge in [-0.3, -0.25) is 9.36 Å². The van der Waals surface area contributed by atoms with Crippen molar-refractivity contribution >= 4 is 29.0 Å². The number of aromatic nitrogens is 4. The van der Waals surface area contributed by atoms with Gasteiger partial charge < -0.3 is 14.5 Å². The van der Waals surface area contributed by atoms with Gasteiger partial charge in [0.15, 0.2) is 10.9 Å². The number of furan rings is 1. The molecule has 0 aliphatic rings. The minimum Gasteiger partial charge on any atom is -0.461 e. The predicted octanol–water partition coefficient (Wildman–Crippen LogP) is 3.96. The molecule has 1 N–H and O–H groups in total. The van der Waals surface area contributed by atoms with Crippen LogP contribution < -0.4 is 5.32 Å². The number of nitrogens with one attached hydrogen (secondary N) is 1. The molecule has 1 aromatic carbocycles. The Kier molecular flexibility index (Phi) is 6.80. The molecule has 0 spiro atoms. The number of methoxy groups -OCH3 is 1. The van der Waals surface area contributed by atoms with E-state index in [1.54, 1.807) is 18.8 Å². The monoisotopic (exact) mass is 455 g/mol. The molecule has 8 nitrogen and oxygen atoms in total. The van der Waals surface area contributed by atoms with Gasteiger partial charge in [-0.25, -0.2) is 4.98 Å². The fraction of sp³-hybridized carbons (Fsp3) is 0.238. The van der Waals surface area contributed by atoms with E-state index in [2.05, 4.69) is 20.5 Å². The molecule has 1 amide bonds. The molecule has 0 aliphatic carbocycles. The van der Waals surface area contributed by atoms with E-state index in [4.69, 9.17) is 9.15 Å². The summed E-state index contributed by atoms with van der Waals surface area (Å²) in [5, 5.41) is 14.9. The van der Waals surface area contributed by atoms with Crippen molar-refractivity contribution in [1.29, 1.82) is 0 Å². The third-order valence-corrected chi connectivity index (χ3v) is 6.40. The van der Waals surface area contributed by atoms with Crippen LogP contribution in [0.1, 0.15) is 21.1 Å². The SMILES string of the molecule is COCCNC(=O)c1csc(CSc2nnc(-c3ccco3)n2-c2ccccc2C)n1. The minimum absolute atomic E-state index is 0.201. The quantitative estimate of drug-likeness (QED) is 0.301. The van der Waals surface area contributed by atoms with Gasteiger partial charge in [-0.05, 0) is 30.7 Å². The highest BCUT2D eigenvalue weighted by Crippen LogP contribution is 2.31. The van der Waals surface area contributed by atoms with Gasteiger partial charge in [0.1, 0.15) is 10.7 Å². The zero-order valence-corrected chi connectivity index (χ0v) is 18.7. The Hall–Kier alpha value is -2.95. The third-order valence-electron chi connectivity index (χ3n) is 4.43. The number of para-hydroxylation sites is 1. The number of thioether (sulfide) groups is 1. The van der Waals surface area contributed by atoms with Crippen molar-refractivity contribution in [3.05, 3.63) is 64.3 Å². The molecular formula is C21H21N5O3S2. The van der Waals surface area contributed by atoms with Crippen LogP contribution in [0.2, 0.25) is 0 Å². The summed E-state index contributed by atoms with van der Waals surface area (Å²) >= 11 is 2.96. The lowest BCUT2D eigenvalue weighted by atomic mass is 10.2. The van der Waals surface area contributed by atoms with E-state index in [-0.39, 0.29) is 5.91 Å². The maximum atomic E-state index is 12.2. The molecular weight excluding hydrogens is 434 g/mol. The first-order chi connectivity index (χ1) is 15.2. The number of amides is 1. The fourth-order valence-electron chi connectivity index (χ4n) is 2.93. The predicted molar refractivity (Wildman–Crippen MR) is 120 cm³/mol. The molecule has 3 heterocycles. The number of hydrogen-bond donors (Lipinski definition) is 1. The molecule has 4 rings (SSSR count).